The third-order valence-electron chi connectivity index (χ3n) is 5.36. The Morgan fingerprint density at radius 2 is 1.74 bits per heavy atom. The van der Waals surface area contributed by atoms with Gasteiger partial charge in [0.1, 0.15) is 0 Å². The molecule has 0 saturated heterocycles. The van der Waals surface area contributed by atoms with Gasteiger partial charge in [0, 0.05) is 5.56 Å². The summed E-state index contributed by atoms with van der Waals surface area (Å²) < 4.78 is 26.8. The average Bonchev–Trinajstić information content (AvgIpc) is 3.53. The van der Waals surface area contributed by atoms with E-state index in [0.29, 0.717) is 47.2 Å². The van der Waals surface area contributed by atoms with E-state index in [4.69, 9.17) is 23.7 Å². The third kappa shape index (κ3) is 4.41. The van der Waals surface area contributed by atoms with Gasteiger partial charge < -0.3 is 23.7 Å². The Labute approximate surface area is 194 Å². The normalized spacial score (nSPS) is 13.6. The molecule has 0 radical (unpaired) electrons. The lowest BCUT2D eigenvalue weighted by Gasteiger charge is -2.10. The first kappa shape index (κ1) is 21.5. The van der Waals surface area contributed by atoms with Crippen molar-refractivity contribution in [1.29, 1.82) is 0 Å². The van der Waals surface area contributed by atoms with Crippen LogP contribution in [0.25, 0.3) is 0 Å². The van der Waals surface area contributed by atoms with Gasteiger partial charge in [-0.05, 0) is 65.2 Å². The second-order valence-electron chi connectivity index (χ2n) is 7.54. The van der Waals surface area contributed by atoms with Crippen LogP contribution in [0.1, 0.15) is 37.4 Å². The van der Waals surface area contributed by atoms with E-state index in [-0.39, 0.29) is 18.4 Å². The van der Waals surface area contributed by atoms with Gasteiger partial charge in [0.2, 0.25) is 6.79 Å². The summed E-state index contributed by atoms with van der Waals surface area (Å²) in [5, 5.41) is 4.01. The van der Waals surface area contributed by atoms with E-state index in [1.807, 2.05) is 6.07 Å². The summed E-state index contributed by atoms with van der Waals surface area (Å²) in [5.41, 5.74) is 6.07. The molecule has 0 fully saturated rings. The standard InChI is InChI=1S/C25H20N2O7/c1-30-22-8-15(11-26-27-24(28)16-3-4-18-12-31-13-19(18)9-16)2-6-21(22)34-25(29)17-5-7-20-23(10-17)33-14-32-20/h2-11H,12-14H2,1H3,(H,27,28)/b26-11-. The van der Waals surface area contributed by atoms with Crippen LogP contribution in [0.2, 0.25) is 0 Å². The topological polar surface area (TPSA) is 105 Å². The van der Waals surface area contributed by atoms with Gasteiger partial charge in [-0.25, -0.2) is 10.2 Å². The van der Waals surface area contributed by atoms with E-state index in [9.17, 15) is 9.59 Å². The summed E-state index contributed by atoms with van der Waals surface area (Å²) >= 11 is 0. The van der Waals surface area contributed by atoms with Crippen LogP contribution in [0.5, 0.6) is 23.0 Å². The van der Waals surface area contributed by atoms with E-state index < -0.39 is 5.97 Å². The van der Waals surface area contributed by atoms with Crippen molar-refractivity contribution in [3.8, 4) is 23.0 Å². The van der Waals surface area contributed by atoms with Crippen LogP contribution < -0.4 is 24.4 Å². The molecule has 3 aromatic carbocycles. The number of ether oxygens (including phenoxy) is 5. The van der Waals surface area contributed by atoms with Crippen molar-refractivity contribution >= 4 is 18.1 Å². The van der Waals surface area contributed by atoms with Crippen molar-refractivity contribution < 1.29 is 33.3 Å². The molecule has 34 heavy (non-hydrogen) atoms. The Kier molecular flexibility index (Phi) is 5.84. The molecular formula is C25H20N2O7. The third-order valence-corrected chi connectivity index (χ3v) is 5.36. The largest absolute Gasteiger partial charge is 0.493 e. The van der Waals surface area contributed by atoms with Gasteiger partial charge in [-0.2, -0.15) is 5.10 Å². The summed E-state index contributed by atoms with van der Waals surface area (Å²) in [7, 11) is 1.47. The first-order chi connectivity index (χ1) is 16.6. The molecule has 0 spiro atoms. The van der Waals surface area contributed by atoms with Gasteiger partial charge in [-0.1, -0.05) is 6.07 Å². The summed E-state index contributed by atoms with van der Waals surface area (Å²) in [6.07, 6.45) is 1.47. The molecule has 0 unspecified atom stereocenters. The van der Waals surface area contributed by atoms with Crippen molar-refractivity contribution in [2.45, 2.75) is 13.2 Å². The van der Waals surface area contributed by atoms with Gasteiger partial charge in [0.15, 0.2) is 23.0 Å². The summed E-state index contributed by atoms with van der Waals surface area (Å²) in [6.45, 7) is 1.19. The van der Waals surface area contributed by atoms with E-state index >= 15 is 0 Å². The number of amides is 1. The van der Waals surface area contributed by atoms with Gasteiger partial charge >= 0.3 is 5.97 Å². The van der Waals surface area contributed by atoms with Crippen LogP contribution in [0.3, 0.4) is 0 Å². The number of nitrogens with zero attached hydrogens (tertiary/aromatic N) is 1. The predicted molar refractivity (Wildman–Crippen MR) is 121 cm³/mol. The number of carbonyl (C=O) groups excluding carboxylic acids is 2. The molecule has 172 valence electrons. The zero-order chi connectivity index (χ0) is 23.5. The van der Waals surface area contributed by atoms with Crippen LogP contribution in [-0.2, 0) is 18.0 Å². The highest BCUT2D eigenvalue weighted by Crippen LogP contribution is 2.34. The second-order valence-corrected chi connectivity index (χ2v) is 7.54. The van der Waals surface area contributed by atoms with Gasteiger partial charge in [-0.3, -0.25) is 4.79 Å². The van der Waals surface area contributed by atoms with Crippen LogP contribution in [0, 0.1) is 0 Å². The Hall–Kier alpha value is -4.37. The van der Waals surface area contributed by atoms with Crippen molar-refractivity contribution in [3.63, 3.8) is 0 Å². The smallest absolute Gasteiger partial charge is 0.343 e. The summed E-state index contributed by atoms with van der Waals surface area (Å²) in [4.78, 5) is 24.9. The quantitative estimate of drug-likeness (QED) is 0.260. The van der Waals surface area contributed by atoms with Crippen molar-refractivity contribution in [1.82, 2.24) is 5.43 Å². The maximum atomic E-state index is 12.6. The fourth-order valence-electron chi connectivity index (χ4n) is 3.57. The molecule has 2 aliphatic heterocycles. The molecule has 0 atom stereocenters. The number of hydrazone groups is 1. The first-order valence-electron chi connectivity index (χ1n) is 10.4. The molecule has 9 heteroatoms. The van der Waals surface area contributed by atoms with Gasteiger partial charge in [0.05, 0.1) is 32.1 Å². The zero-order valence-electron chi connectivity index (χ0n) is 18.2. The highest BCUT2D eigenvalue weighted by molar-refractivity contribution is 5.95. The SMILES string of the molecule is COc1cc(/C=N\NC(=O)c2ccc3c(c2)COC3)ccc1OC(=O)c1ccc2c(c1)OCO2. The lowest BCUT2D eigenvalue weighted by molar-refractivity contribution is 0.0729. The number of rotatable bonds is 6. The number of hydrogen-bond acceptors (Lipinski definition) is 8. The number of carbonyl (C=O) groups is 2. The zero-order valence-corrected chi connectivity index (χ0v) is 18.2. The number of fused-ring (bicyclic) bond motifs is 2. The molecule has 0 aromatic heterocycles. The van der Waals surface area contributed by atoms with Crippen molar-refractivity contribution in [2.24, 2.45) is 5.10 Å². The number of esters is 1. The highest BCUT2D eigenvalue weighted by atomic mass is 16.7. The Balaban J connectivity index is 1.24. The maximum Gasteiger partial charge on any atom is 0.343 e. The van der Waals surface area contributed by atoms with E-state index in [1.54, 1.807) is 48.5 Å². The highest BCUT2D eigenvalue weighted by Gasteiger charge is 2.19. The summed E-state index contributed by atoms with van der Waals surface area (Å²) in [5.74, 6) is 0.755. The molecule has 9 nitrogen and oxygen atoms in total. The molecule has 2 aliphatic rings. The number of nitrogens with one attached hydrogen (secondary N) is 1. The van der Waals surface area contributed by atoms with Crippen molar-refractivity contribution in [2.75, 3.05) is 13.9 Å². The Morgan fingerprint density at radius 3 is 2.62 bits per heavy atom. The predicted octanol–water partition coefficient (Wildman–Crippen LogP) is 3.44. The molecule has 1 amide bonds. The minimum Gasteiger partial charge on any atom is -0.493 e. The first-order valence-corrected chi connectivity index (χ1v) is 10.4. The number of benzene rings is 3. The molecule has 0 aliphatic carbocycles. The number of hydrogen-bond donors (Lipinski definition) is 1. The Bertz CT molecular complexity index is 1300. The lowest BCUT2D eigenvalue weighted by atomic mass is 10.1. The van der Waals surface area contributed by atoms with Crippen LogP contribution in [0.15, 0.2) is 59.7 Å². The fraction of sp³-hybridized carbons (Fsp3) is 0.160. The van der Waals surface area contributed by atoms with Crippen LogP contribution in [-0.4, -0.2) is 32.0 Å². The molecule has 5 rings (SSSR count). The molecule has 0 bridgehead atoms. The molecule has 1 N–H and O–H groups in total. The average molecular weight is 460 g/mol. The maximum absolute atomic E-state index is 12.6. The molecule has 3 aromatic rings. The minimum absolute atomic E-state index is 0.118. The number of methoxy groups -OCH3 is 1. The van der Waals surface area contributed by atoms with Crippen LogP contribution >= 0.6 is 0 Å². The molecule has 0 saturated carbocycles. The Morgan fingerprint density at radius 1 is 0.912 bits per heavy atom. The van der Waals surface area contributed by atoms with E-state index in [0.717, 1.165) is 11.1 Å². The molecular weight excluding hydrogens is 440 g/mol. The monoisotopic (exact) mass is 460 g/mol. The van der Waals surface area contributed by atoms with E-state index in [2.05, 4.69) is 10.5 Å². The molecule has 2 heterocycles. The summed E-state index contributed by atoms with van der Waals surface area (Å²) in [6, 6.07) is 15.2. The van der Waals surface area contributed by atoms with Crippen LogP contribution in [0.4, 0.5) is 0 Å². The second kappa shape index (κ2) is 9.24. The van der Waals surface area contributed by atoms with Gasteiger partial charge in [0.25, 0.3) is 5.91 Å². The lowest BCUT2D eigenvalue weighted by Crippen LogP contribution is -2.17. The van der Waals surface area contributed by atoms with Crippen molar-refractivity contribution in [3.05, 3.63) is 82.4 Å². The van der Waals surface area contributed by atoms with Gasteiger partial charge in [-0.15, -0.1) is 0 Å². The minimum atomic E-state index is -0.565. The van der Waals surface area contributed by atoms with E-state index in [1.165, 1.54) is 13.3 Å². The fourth-order valence-corrected chi connectivity index (χ4v) is 3.57.